The average Bonchev–Trinajstić information content (AvgIpc) is 2.87. The molecule has 1 aliphatic heterocycles. The van der Waals surface area contributed by atoms with Crippen molar-refractivity contribution >= 4 is 0 Å². The number of hydrogen-bond acceptors (Lipinski definition) is 3. The summed E-state index contributed by atoms with van der Waals surface area (Å²) in [7, 11) is 0. The van der Waals surface area contributed by atoms with Crippen molar-refractivity contribution in [3.8, 4) is 0 Å². The van der Waals surface area contributed by atoms with E-state index in [2.05, 4.69) is 37.9 Å². The van der Waals surface area contributed by atoms with Gasteiger partial charge in [0.2, 0.25) is 0 Å². The van der Waals surface area contributed by atoms with Crippen molar-refractivity contribution in [2.24, 2.45) is 0 Å². The van der Waals surface area contributed by atoms with Gasteiger partial charge in [-0.25, -0.2) is 0 Å². The van der Waals surface area contributed by atoms with Crippen LogP contribution in [-0.2, 0) is 4.74 Å². The molecule has 0 radical (unpaired) electrons. The second-order valence-electron chi connectivity index (χ2n) is 6.18. The number of unbranched alkanes of at least 4 members (excludes halogenated alkanes) is 2. The molecule has 1 fully saturated rings. The van der Waals surface area contributed by atoms with Crippen LogP contribution in [-0.4, -0.2) is 49.3 Å². The van der Waals surface area contributed by atoms with Gasteiger partial charge in [0.25, 0.3) is 0 Å². The zero-order chi connectivity index (χ0) is 14.1. The Bertz CT molecular complexity index is 215. The number of hydrogen-bond donors (Lipinski definition) is 1. The van der Waals surface area contributed by atoms with Crippen molar-refractivity contribution in [3.63, 3.8) is 0 Å². The van der Waals surface area contributed by atoms with Gasteiger partial charge < -0.3 is 10.1 Å². The minimum atomic E-state index is 0.458. The lowest BCUT2D eigenvalue weighted by Gasteiger charge is -2.33. The van der Waals surface area contributed by atoms with Gasteiger partial charge in [-0.05, 0) is 46.6 Å². The van der Waals surface area contributed by atoms with Crippen LogP contribution < -0.4 is 5.32 Å². The molecular formula is C16H34N2O. The second-order valence-corrected chi connectivity index (χ2v) is 6.18. The standard InChI is InChI=1S/C16H34N2O/c1-5-6-7-10-18(14(2)3)15(4)12-17-13-16-9-8-11-19-16/h14-17H,5-13H2,1-4H3. The van der Waals surface area contributed by atoms with E-state index in [1.165, 1.54) is 38.6 Å². The van der Waals surface area contributed by atoms with Gasteiger partial charge in [0.05, 0.1) is 6.10 Å². The molecule has 0 bridgehead atoms. The molecule has 0 saturated carbocycles. The van der Waals surface area contributed by atoms with E-state index in [9.17, 15) is 0 Å². The van der Waals surface area contributed by atoms with Gasteiger partial charge >= 0.3 is 0 Å². The molecular weight excluding hydrogens is 236 g/mol. The van der Waals surface area contributed by atoms with Gasteiger partial charge in [-0.15, -0.1) is 0 Å². The van der Waals surface area contributed by atoms with Crippen molar-refractivity contribution in [3.05, 3.63) is 0 Å². The number of nitrogens with zero attached hydrogens (tertiary/aromatic N) is 1. The molecule has 3 heteroatoms. The highest BCUT2D eigenvalue weighted by Crippen LogP contribution is 2.11. The first-order valence-electron chi connectivity index (χ1n) is 8.23. The minimum absolute atomic E-state index is 0.458. The Labute approximate surface area is 120 Å². The number of nitrogens with one attached hydrogen (secondary N) is 1. The monoisotopic (exact) mass is 270 g/mol. The molecule has 1 aliphatic rings. The lowest BCUT2D eigenvalue weighted by atomic mass is 10.1. The fourth-order valence-corrected chi connectivity index (χ4v) is 2.91. The van der Waals surface area contributed by atoms with Gasteiger partial charge in [0.1, 0.15) is 0 Å². The molecule has 1 heterocycles. The highest BCUT2D eigenvalue weighted by atomic mass is 16.5. The third kappa shape index (κ3) is 6.73. The van der Waals surface area contributed by atoms with Crippen molar-refractivity contribution in [1.82, 2.24) is 10.2 Å². The summed E-state index contributed by atoms with van der Waals surface area (Å²) in [6.45, 7) is 13.5. The summed E-state index contributed by atoms with van der Waals surface area (Å²) in [6, 6.07) is 1.25. The molecule has 3 nitrogen and oxygen atoms in total. The van der Waals surface area contributed by atoms with Crippen LogP contribution in [0.1, 0.15) is 59.8 Å². The summed E-state index contributed by atoms with van der Waals surface area (Å²) in [5.74, 6) is 0. The Balaban J connectivity index is 2.20. The highest BCUT2D eigenvalue weighted by Gasteiger charge is 2.18. The molecule has 114 valence electrons. The zero-order valence-corrected chi connectivity index (χ0v) is 13.5. The molecule has 2 atom stereocenters. The summed E-state index contributed by atoms with van der Waals surface area (Å²) in [6.07, 6.45) is 6.89. The third-order valence-electron chi connectivity index (χ3n) is 4.09. The van der Waals surface area contributed by atoms with Crippen LogP contribution in [0.15, 0.2) is 0 Å². The molecule has 19 heavy (non-hydrogen) atoms. The fraction of sp³-hybridized carbons (Fsp3) is 1.00. The van der Waals surface area contributed by atoms with Crippen LogP contribution in [0.4, 0.5) is 0 Å². The first-order chi connectivity index (χ1) is 9.15. The molecule has 0 spiro atoms. The summed E-state index contributed by atoms with van der Waals surface area (Å²) < 4.78 is 5.65. The molecule has 0 aromatic heterocycles. The van der Waals surface area contributed by atoms with Gasteiger partial charge in [-0.3, -0.25) is 4.90 Å². The summed E-state index contributed by atoms with van der Waals surface area (Å²) >= 11 is 0. The van der Waals surface area contributed by atoms with E-state index < -0.39 is 0 Å². The van der Waals surface area contributed by atoms with Crippen LogP contribution in [0.2, 0.25) is 0 Å². The summed E-state index contributed by atoms with van der Waals surface area (Å²) in [4.78, 5) is 2.62. The van der Waals surface area contributed by atoms with Crippen LogP contribution in [0.3, 0.4) is 0 Å². The molecule has 1 saturated heterocycles. The lowest BCUT2D eigenvalue weighted by Crippen LogP contribution is -2.45. The van der Waals surface area contributed by atoms with Crippen molar-refractivity contribution in [1.29, 1.82) is 0 Å². The first-order valence-corrected chi connectivity index (χ1v) is 8.23. The van der Waals surface area contributed by atoms with E-state index in [1.807, 2.05) is 0 Å². The van der Waals surface area contributed by atoms with Crippen LogP contribution >= 0.6 is 0 Å². The Hall–Kier alpha value is -0.120. The van der Waals surface area contributed by atoms with Crippen LogP contribution in [0, 0.1) is 0 Å². The van der Waals surface area contributed by atoms with E-state index in [4.69, 9.17) is 4.74 Å². The maximum atomic E-state index is 5.65. The molecule has 0 aromatic rings. The second kappa shape index (κ2) is 9.73. The first kappa shape index (κ1) is 16.9. The normalized spacial score (nSPS) is 21.5. The summed E-state index contributed by atoms with van der Waals surface area (Å²) in [5.41, 5.74) is 0. The highest BCUT2D eigenvalue weighted by molar-refractivity contribution is 4.75. The molecule has 1 N–H and O–H groups in total. The van der Waals surface area contributed by atoms with Gasteiger partial charge in [0, 0.05) is 31.8 Å². The van der Waals surface area contributed by atoms with Crippen LogP contribution in [0.5, 0.6) is 0 Å². The van der Waals surface area contributed by atoms with E-state index >= 15 is 0 Å². The molecule has 1 rings (SSSR count). The SMILES string of the molecule is CCCCCN(C(C)C)C(C)CNCC1CCCO1. The summed E-state index contributed by atoms with van der Waals surface area (Å²) in [5, 5.41) is 3.59. The predicted octanol–water partition coefficient (Wildman–Crippen LogP) is 3.04. The Morgan fingerprint density at radius 3 is 2.63 bits per heavy atom. The molecule has 0 aliphatic carbocycles. The van der Waals surface area contributed by atoms with Gasteiger partial charge in [-0.2, -0.15) is 0 Å². The lowest BCUT2D eigenvalue weighted by molar-refractivity contribution is 0.104. The Kier molecular flexibility index (Phi) is 8.67. The number of rotatable bonds is 10. The maximum Gasteiger partial charge on any atom is 0.0700 e. The molecule has 0 aromatic carbocycles. The number of ether oxygens (including phenoxy) is 1. The van der Waals surface area contributed by atoms with Crippen LogP contribution in [0.25, 0.3) is 0 Å². The van der Waals surface area contributed by atoms with Crippen molar-refractivity contribution in [2.45, 2.75) is 78.0 Å². The van der Waals surface area contributed by atoms with Crippen molar-refractivity contribution < 1.29 is 4.74 Å². The maximum absolute atomic E-state index is 5.65. The molecule has 0 amide bonds. The smallest absolute Gasteiger partial charge is 0.0700 e. The Morgan fingerprint density at radius 2 is 2.05 bits per heavy atom. The third-order valence-corrected chi connectivity index (χ3v) is 4.09. The van der Waals surface area contributed by atoms with E-state index in [1.54, 1.807) is 0 Å². The predicted molar refractivity (Wildman–Crippen MR) is 82.7 cm³/mol. The van der Waals surface area contributed by atoms with E-state index in [-0.39, 0.29) is 0 Å². The average molecular weight is 270 g/mol. The quantitative estimate of drug-likeness (QED) is 0.618. The van der Waals surface area contributed by atoms with E-state index in [0.717, 1.165) is 19.7 Å². The topological polar surface area (TPSA) is 24.5 Å². The fourth-order valence-electron chi connectivity index (χ4n) is 2.91. The van der Waals surface area contributed by atoms with E-state index in [0.29, 0.717) is 18.2 Å². The Morgan fingerprint density at radius 1 is 1.26 bits per heavy atom. The van der Waals surface area contributed by atoms with Gasteiger partial charge in [-0.1, -0.05) is 19.8 Å². The zero-order valence-electron chi connectivity index (χ0n) is 13.5. The largest absolute Gasteiger partial charge is 0.377 e. The minimum Gasteiger partial charge on any atom is -0.377 e. The molecule has 2 unspecified atom stereocenters. The van der Waals surface area contributed by atoms with Crippen molar-refractivity contribution in [2.75, 3.05) is 26.2 Å². The van der Waals surface area contributed by atoms with Gasteiger partial charge in [0.15, 0.2) is 0 Å².